The fourth-order valence-electron chi connectivity index (χ4n) is 1.86. The molecule has 0 radical (unpaired) electrons. The van der Waals surface area contributed by atoms with E-state index in [2.05, 4.69) is 5.43 Å². The zero-order valence-electron chi connectivity index (χ0n) is 8.48. The highest BCUT2D eigenvalue weighted by Gasteiger charge is 2.18. The van der Waals surface area contributed by atoms with Gasteiger partial charge in [-0.1, -0.05) is 0 Å². The van der Waals surface area contributed by atoms with Crippen molar-refractivity contribution >= 4 is 5.91 Å². The third-order valence-corrected chi connectivity index (χ3v) is 2.62. The molecule has 1 aromatic rings. The lowest BCUT2D eigenvalue weighted by Gasteiger charge is -2.12. The van der Waals surface area contributed by atoms with E-state index in [1.165, 1.54) is 0 Å². The largest absolute Gasteiger partial charge is 0.376 e. The summed E-state index contributed by atoms with van der Waals surface area (Å²) in [5.41, 5.74) is 2.71. The molecule has 1 aliphatic rings. The van der Waals surface area contributed by atoms with E-state index in [1.807, 2.05) is 16.8 Å². The Morgan fingerprint density at radius 1 is 1.73 bits per heavy atom. The van der Waals surface area contributed by atoms with Crippen molar-refractivity contribution in [1.82, 2.24) is 9.99 Å². The van der Waals surface area contributed by atoms with Crippen LogP contribution in [0.5, 0.6) is 0 Å². The first-order valence-electron chi connectivity index (χ1n) is 5.09. The fourth-order valence-corrected chi connectivity index (χ4v) is 1.86. The molecule has 1 atom stereocenters. The number of carbonyl (C=O) groups excluding carboxylic acids is 1. The first-order chi connectivity index (χ1) is 7.31. The van der Waals surface area contributed by atoms with Gasteiger partial charge in [0.05, 0.1) is 6.10 Å². The van der Waals surface area contributed by atoms with E-state index in [-0.39, 0.29) is 12.0 Å². The minimum absolute atomic E-state index is 0.224. The molecule has 15 heavy (non-hydrogen) atoms. The molecule has 0 bridgehead atoms. The molecule has 5 heteroatoms. The van der Waals surface area contributed by atoms with Crippen molar-refractivity contribution in [2.75, 3.05) is 6.61 Å². The molecule has 5 nitrogen and oxygen atoms in total. The molecular formula is C10H15N3O2. The first-order valence-corrected chi connectivity index (χ1v) is 5.09. The van der Waals surface area contributed by atoms with Crippen molar-refractivity contribution < 1.29 is 9.53 Å². The van der Waals surface area contributed by atoms with Crippen molar-refractivity contribution in [3.63, 3.8) is 0 Å². The summed E-state index contributed by atoms with van der Waals surface area (Å²) < 4.78 is 7.38. The Morgan fingerprint density at radius 3 is 3.27 bits per heavy atom. The number of nitrogen functional groups attached to an aromatic ring is 1. The molecule has 0 saturated carbocycles. The van der Waals surface area contributed by atoms with Crippen molar-refractivity contribution in [3.05, 3.63) is 24.0 Å². The van der Waals surface area contributed by atoms with E-state index in [0.717, 1.165) is 26.0 Å². The summed E-state index contributed by atoms with van der Waals surface area (Å²) in [6.45, 7) is 1.54. The highest BCUT2D eigenvalue weighted by Crippen LogP contribution is 2.15. The van der Waals surface area contributed by atoms with Crippen molar-refractivity contribution in [2.45, 2.75) is 25.5 Å². The van der Waals surface area contributed by atoms with Gasteiger partial charge in [0.2, 0.25) is 0 Å². The van der Waals surface area contributed by atoms with Gasteiger partial charge in [0.15, 0.2) is 0 Å². The Morgan fingerprint density at radius 2 is 2.60 bits per heavy atom. The van der Waals surface area contributed by atoms with E-state index in [0.29, 0.717) is 5.69 Å². The number of hydrogen-bond acceptors (Lipinski definition) is 3. The number of rotatable bonds is 3. The molecule has 0 aromatic carbocycles. The average Bonchev–Trinajstić information content (AvgIpc) is 2.88. The quantitative estimate of drug-likeness (QED) is 0.426. The van der Waals surface area contributed by atoms with Crippen LogP contribution in [0, 0.1) is 0 Å². The number of hydrazine groups is 1. The lowest BCUT2D eigenvalue weighted by Crippen LogP contribution is -2.32. The van der Waals surface area contributed by atoms with Gasteiger partial charge in [0, 0.05) is 19.3 Å². The minimum atomic E-state index is -0.266. The van der Waals surface area contributed by atoms with Gasteiger partial charge in [-0.25, -0.2) is 5.84 Å². The summed E-state index contributed by atoms with van der Waals surface area (Å²) in [7, 11) is 0. The number of carbonyl (C=O) groups is 1. The Kier molecular flexibility index (Phi) is 3.03. The van der Waals surface area contributed by atoms with Crippen LogP contribution in [0.3, 0.4) is 0 Å². The molecule has 1 amide bonds. The van der Waals surface area contributed by atoms with Gasteiger partial charge < -0.3 is 9.30 Å². The molecule has 1 aliphatic heterocycles. The number of nitrogens with zero attached hydrogens (tertiary/aromatic N) is 1. The van der Waals surface area contributed by atoms with E-state index < -0.39 is 0 Å². The summed E-state index contributed by atoms with van der Waals surface area (Å²) in [5.74, 6) is 4.83. The lowest BCUT2D eigenvalue weighted by atomic mass is 10.2. The molecule has 0 unspecified atom stereocenters. The maximum atomic E-state index is 11.4. The Hall–Kier alpha value is -1.33. The summed E-state index contributed by atoms with van der Waals surface area (Å²) in [5, 5.41) is 0. The van der Waals surface area contributed by atoms with E-state index in [9.17, 15) is 4.79 Å². The Labute approximate surface area is 88.2 Å². The van der Waals surface area contributed by atoms with E-state index in [4.69, 9.17) is 10.6 Å². The molecule has 82 valence electrons. The summed E-state index contributed by atoms with van der Waals surface area (Å²) in [6, 6.07) is 3.58. The number of ether oxygens (including phenoxy) is 1. The Balaban J connectivity index is 2.07. The van der Waals surface area contributed by atoms with Crippen LogP contribution in [0.15, 0.2) is 18.3 Å². The third-order valence-electron chi connectivity index (χ3n) is 2.62. The van der Waals surface area contributed by atoms with Crippen LogP contribution < -0.4 is 11.3 Å². The summed E-state index contributed by atoms with van der Waals surface area (Å²) in [6.07, 6.45) is 4.25. The zero-order valence-corrected chi connectivity index (χ0v) is 8.48. The second-order valence-electron chi connectivity index (χ2n) is 3.65. The van der Waals surface area contributed by atoms with Crippen LogP contribution in [-0.2, 0) is 11.3 Å². The van der Waals surface area contributed by atoms with Crippen LogP contribution in [0.4, 0.5) is 0 Å². The predicted octanol–water partition coefficient (Wildman–Crippen LogP) is 0.271. The van der Waals surface area contributed by atoms with Crippen molar-refractivity contribution in [1.29, 1.82) is 0 Å². The molecular weight excluding hydrogens is 194 g/mol. The molecule has 1 fully saturated rings. The topological polar surface area (TPSA) is 69.3 Å². The normalized spacial score (nSPS) is 20.5. The molecule has 1 aromatic heterocycles. The number of amides is 1. The van der Waals surface area contributed by atoms with Crippen LogP contribution in [0.25, 0.3) is 0 Å². The average molecular weight is 209 g/mol. The molecule has 0 aliphatic carbocycles. The molecule has 2 heterocycles. The number of hydrogen-bond donors (Lipinski definition) is 2. The standard InChI is InChI=1S/C10H15N3O2/c11-12-10(14)9-4-1-5-13(9)7-8-3-2-6-15-8/h1,4-5,8H,2-3,6-7,11H2,(H,12,14)/t8-/m0/s1. The summed E-state index contributed by atoms with van der Waals surface area (Å²) >= 11 is 0. The highest BCUT2D eigenvalue weighted by atomic mass is 16.5. The molecule has 0 spiro atoms. The predicted molar refractivity (Wildman–Crippen MR) is 55.1 cm³/mol. The smallest absolute Gasteiger partial charge is 0.281 e. The lowest BCUT2D eigenvalue weighted by molar-refractivity contribution is 0.0896. The first kappa shape index (κ1) is 10.2. The molecule has 2 rings (SSSR count). The van der Waals surface area contributed by atoms with Gasteiger partial charge in [-0.05, 0) is 25.0 Å². The van der Waals surface area contributed by atoms with Crippen molar-refractivity contribution in [3.8, 4) is 0 Å². The van der Waals surface area contributed by atoms with Crippen LogP contribution in [0.2, 0.25) is 0 Å². The van der Waals surface area contributed by atoms with E-state index in [1.54, 1.807) is 6.07 Å². The monoisotopic (exact) mass is 209 g/mol. The SMILES string of the molecule is NNC(=O)c1cccn1C[C@@H]1CCCO1. The van der Waals surface area contributed by atoms with Crippen molar-refractivity contribution in [2.24, 2.45) is 5.84 Å². The molecule has 1 saturated heterocycles. The van der Waals surface area contributed by atoms with Gasteiger partial charge in [0.1, 0.15) is 5.69 Å². The van der Waals surface area contributed by atoms with Gasteiger partial charge in [0.25, 0.3) is 5.91 Å². The molecule has 3 N–H and O–H groups in total. The van der Waals surface area contributed by atoms with Gasteiger partial charge in [-0.2, -0.15) is 0 Å². The maximum Gasteiger partial charge on any atom is 0.281 e. The maximum absolute atomic E-state index is 11.4. The highest BCUT2D eigenvalue weighted by molar-refractivity contribution is 5.92. The summed E-state index contributed by atoms with van der Waals surface area (Å²) in [4.78, 5) is 11.4. The van der Waals surface area contributed by atoms with Gasteiger partial charge in [-0.3, -0.25) is 10.2 Å². The minimum Gasteiger partial charge on any atom is -0.376 e. The Bertz CT molecular complexity index is 342. The fraction of sp³-hybridized carbons (Fsp3) is 0.500. The van der Waals surface area contributed by atoms with Crippen LogP contribution in [0.1, 0.15) is 23.3 Å². The second kappa shape index (κ2) is 4.46. The second-order valence-corrected chi connectivity index (χ2v) is 3.65. The number of nitrogens with two attached hydrogens (primary N) is 1. The number of nitrogens with one attached hydrogen (secondary N) is 1. The van der Waals surface area contributed by atoms with Gasteiger partial charge >= 0.3 is 0 Å². The van der Waals surface area contributed by atoms with Crippen LogP contribution >= 0.6 is 0 Å². The van der Waals surface area contributed by atoms with E-state index >= 15 is 0 Å². The number of aromatic nitrogens is 1. The third kappa shape index (κ3) is 2.19. The zero-order chi connectivity index (χ0) is 10.7. The van der Waals surface area contributed by atoms with Gasteiger partial charge in [-0.15, -0.1) is 0 Å². The van der Waals surface area contributed by atoms with Crippen LogP contribution in [-0.4, -0.2) is 23.2 Å².